The quantitative estimate of drug-likeness (QED) is 0.611. The van der Waals surface area contributed by atoms with Crippen molar-refractivity contribution in [2.24, 2.45) is 0 Å². The molecule has 7 nitrogen and oxygen atoms in total. The van der Waals surface area contributed by atoms with Crippen LogP contribution in [0.25, 0.3) is 0 Å². The first-order valence-electron chi connectivity index (χ1n) is 9.18. The maximum Gasteiger partial charge on any atom is 0.243 e. The lowest BCUT2D eigenvalue weighted by Crippen LogP contribution is -2.42. The standard InChI is InChI=1S/C21H24BrFN4O3/c1-14-10-15(22)4-9-18(14)25-19(28)11-26(2)13-21(30)27(3)12-20(29)24-17-7-5-16(23)6-8-17/h4-10H,11-13H2,1-3H3,(H,24,29)(H,25,28). The molecule has 0 heterocycles. The van der Waals surface area contributed by atoms with Gasteiger partial charge in [0.2, 0.25) is 17.7 Å². The van der Waals surface area contributed by atoms with Gasteiger partial charge in [-0.2, -0.15) is 0 Å². The van der Waals surface area contributed by atoms with Crippen molar-refractivity contribution in [1.82, 2.24) is 9.80 Å². The number of likely N-dealkylation sites (N-methyl/N-ethyl adjacent to an activating group) is 2. The smallest absolute Gasteiger partial charge is 0.243 e. The number of nitrogens with zero attached hydrogens (tertiary/aromatic N) is 2. The van der Waals surface area contributed by atoms with E-state index in [1.165, 1.54) is 36.2 Å². The van der Waals surface area contributed by atoms with Crippen LogP contribution in [-0.2, 0) is 14.4 Å². The summed E-state index contributed by atoms with van der Waals surface area (Å²) in [7, 11) is 3.16. The average Bonchev–Trinajstić information content (AvgIpc) is 2.65. The lowest BCUT2D eigenvalue weighted by Gasteiger charge is -2.21. The molecule has 3 amide bonds. The van der Waals surface area contributed by atoms with Crippen LogP contribution in [0, 0.1) is 12.7 Å². The number of amides is 3. The zero-order valence-corrected chi connectivity index (χ0v) is 18.6. The van der Waals surface area contributed by atoms with Crippen molar-refractivity contribution in [3.05, 3.63) is 58.3 Å². The summed E-state index contributed by atoms with van der Waals surface area (Å²) in [4.78, 5) is 39.5. The van der Waals surface area contributed by atoms with Gasteiger partial charge in [0.15, 0.2) is 0 Å². The summed E-state index contributed by atoms with van der Waals surface area (Å²) >= 11 is 3.38. The van der Waals surface area contributed by atoms with Crippen LogP contribution >= 0.6 is 15.9 Å². The fraction of sp³-hybridized carbons (Fsp3) is 0.286. The van der Waals surface area contributed by atoms with Gasteiger partial charge in [-0.3, -0.25) is 19.3 Å². The highest BCUT2D eigenvalue weighted by Crippen LogP contribution is 2.19. The van der Waals surface area contributed by atoms with E-state index in [1.54, 1.807) is 18.0 Å². The molecule has 0 aromatic heterocycles. The minimum atomic E-state index is -0.400. The molecule has 0 atom stereocenters. The van der Waals surface area contributed by atoms with Crippen LogP contribution in [0.4, 0.5) is 15.8 Å². The Bertz CT molecular complexity index is 921. The molecule has 9 heteroatoms. The van der Waals surface area contributed by atoms with Crippen molar-refractivity contribution >= 4 is 45.0 Å². The van der Waals surface area contributed by atoms with Gasteiger partial charge in [-0.05, 0) is 62.0 Å². The van der Waals surface area contributed by atoms with Gasteiger partial charge in [0.05, 0.1) is 19.6 Å². The summed E-state index contributed by atoms with van der Waals surface area (Å²) in [5, 5.41) is 5.41. The number of aryl methyl sites for hydroxylation is 1. The van der Waals surface area contributed by atoms with Gasteiger partial charge in [-0.15, -0.1) is 0 Å². The molecule has 2 rings (SSSR count). The third kappa shape index (κ3) is 7.57. The minimum absolute atomic E-state index is 0.0208. The average molecular weight is 479 g/mol. The maximum atomic E-state index is 12.9. The number of carbonyl (C=O) groups excluding carboxylic acids is 3. The number of halogens is 2. The fourth-order valence-electron chi connectivity index (χ4n) is 2.65. The zero-order valence-electron chi connectivity index (χ0n) is 17.0. The highest BCUT2D eigenvalue weighted by Gasteiger charge is 2.17. The van der Waals surface area contributed by atoms with Crippen LogP contribution in [-0.4, -0.2) is 61.3 Å². The van der Waals surface area contributed by atoms with Crippen LogP contribution in [0.3, 0.4) is 0 Å². The third-order valence-electron chi connectivity index (χ3n) is 4.22. The molecular weight excluding hydrogens is 455 g/mol. The Balaban J connectivity index is 1.78. The number of rotatable bonds is 8. The Morgan fingerprint density at radius 2 is 1.57 bits per heavy atom. The van der Waals surface area contributed by atoms with E-state index in [-0.39, 0.29) is 31.4 Å². The summed E-state index contributed by atoms with van der Waals surface area (Å²) in [5.74, 6) is -1.35. The van der Waals surface area contributed by atoms with Gasteiger partial charge in [-0.1, -0.05) is 15.9 Å². The van der Waals surface area contributed by atoms with E-state index in [0.717, 1.165) is 10.0 Å². The van der Waals surface area contributed by atoms with Gasteiger partial charge in [0.1, 0.15) is 5.82 Å². The lowest BCUT2D eigenvalue weighted by molar-refractivity contribution is -0.134. The zero-order chi connectivity index (χ0) is 22.3. The number of hydrogen-bond acceptors (Lipinski definition) is 4. The maximum absolute atomic E-state index is 12.9. The summed E-state index contributed by atoms with van der Waals surface area (Å²) in [5.41, 5.74) is 2.07. The largest absolute Gasteiger partial charge is 0.335 e. The Hall–Kier alpha value is -2.78. The molecule has 0 bridgehead atoms. The monoisotopic (exact) mass is 478 g/mol. The summed E-state index contributed by atoms with van der Waals surface area (Å²) in [6.07, 6.45) is 0. The predicted molar refractivity (Wildman–Crippen MR) is 118 cm³/mol. The Labute approximate surface area is 183 Å². The van der Waals surface area contributed by atoms with E-state index < -0.39 is 11.7 Å². The van der Waals surface area contributed by atoms with Crippen molar-refractivity contribution in [1.29, 1.82) is 0 Å². The van der Waals surface area contributed by atoms with Crippen LogP contribution in [0.2, 0.25) is 0 Å². The Kier molecular flexibility index (Phi) is 8.49. The summed E-state index contributed by atoms with van der Waals surface area (Å²) in [6, 6.07) is 10.9. The second-order valence-electron chi connectivity index (χ2n) is 6.98. The van der Waals surface area contributed by atoms with Crippen molar-refractivity contribution < 1.29 is 18.8 Å². The van der Waals surface area contributed by atoms with E-state index in [1.807, 2.05) is 19.1 Å². The fourth-order valence-corrected chi connectivity index (χ4v) is 3.12. The van der Waals surface area contributed by atoms with E-state index in [2.05, 4.69) is 26.6 Å². The molecule has 0 aliphatic heterocycles. The number of anilines is 2. The molecule has 0 aliphatic rings. The number of carbonyl (C=O) groups is 3. The van der Waals surface area contributed by atoms with Gasteiger partial charge in [0, 0.05) is 22.9 Å². The topological polar surface area (TPSA) is 81.8 Å². The van der Waals surface area contributed by atoms with Crippen molar-refractivity contribution in [2.45, 2.75) is 6.92 Å². The Morgan fingerprint density at radius 3 is 2.20 bits per heavy atom. The Morgan fingerprint density at radius 1 is 0.933 bits per heavy atom. The van der Waals surface area contributed by atoms with Crippen molar-refractivity contribution in [3.8, 4) is 0 Å². The van der Waals surface area contributed by atoms with Gasteiger partial charge in [-0.25, -0.2) is 4.39 Å². The van der Waals surface area contributed by atoms with Gasteiger partial charge >= 0.3 is 0 Å². The van der Waals surface area contributed by atoms with Crippen molar-refractivity contribution in [3.63, 3.8) is 0 Å². The van der Waals surface area contributed by atoms with Crippen molar-refractivity contribution in [2.75, 3.05) is 44.4 Å². The molecule has 30 heavy (non-hydrogen) atoms. The summed E-state index contributed by atoms with van der Waals surface area (Å²) < 4.78 is 13.8. The number of benzene rings is 2. The highest BCUT2D eigenvalue weighted by molar-refractivity contribution is 9.10. The third-order valence-corrected chi connectivity index (χ3v) is 4.71. The highest BCUT2D eigenvalue weighted by atomic mass is 79.9. The molecule has 0 radical (unpaired) electrons. The molecule has 2 aromatic carbocycles. The normalized spacial score (nSPS) is 10.6. The van der Waals surface area contributed by atoms with Crippen LogP contribution in [0.5, 0.6) is 0 Å². The van der Waals surface area contributed by atoms with Gasteiger partial charge in [0.25, 0.3) is 0 Å². The summed E-state index contributed by atoms with van der Waals surface area (Å²) in [6.45, 7) is 1.73. The molecule has 0 fully saturated rings. The predicted octanol–water partition coefficient (Wildman–Crippen LogP) is 2.86. The molecule has 0 saturated carbocycles. The molecule has 0 spiro atoms. The number of hydrogen-bond donors (Lipinski definition) is 2. The van der Waals surface area contributed by atoms with E-state index >= 15 is 0 Å². The van der Waals surface area contributed by atoms with E-state index in [0.29, 0.717) is 11.4 Å². The number of nitrogens with one attached hydrogen (secondary N) is 2. The van der Waals surface area contributed by atoms with E-state index in [4.69, 9.17) is 0 Å². The first-order chi connectivity index (χ1) is 14.1. The second-order valence-corrected chi connectivity index (χ2v) is 7.90. The molecule has 0 aliphatic carbocycles. The lowest BCUT2D eigenvalue weighted by atomic mass is 10.2. The van der Waals surface area contributed by atoms with Crippen LogP contribution in [0.1, 0.15) is 5.56 Å². The molecule has 0 saturated heterocycles. The van der Waals surface area contributed by atoms with E-state index in [9.17, 15) is 18.8 Å². The first kappa shape index (κ1) is 23.5. The minimum Gasteiger partial charge on any atom is -0.335 e. The molecule has 2 aromatic rings. The van der Waals surface area contributed by atoms with Gasteiger partial charge < -0.3 is 15.5 Å². The molecular formula is C21H24BrFN4O3. The first-order valence-corrected chi connectivity index (χ1v) is 9.97. The van der Waals surface area contributed by atoms with Crippen LogP contribution < -0.4 is 10.6 Å². The van der Waals surface area contributed by atoms with Crippen LogP contribution in [0.15, 0.2) is 46.9 Å². The molecule has 0 unspecified atom stereocenters. The SMILES string of the molecule is Cc1cc(Br)ccc1NC(=O)CN(C)CC(=O)N(C)CC(=O)Nc1ccc(F)cc1. The second kappa shape index (κ2) is 10.8. The molecule has 160 valence electrons. The molecule has 2 N–H and O–H groups in total.